The maximum atomic E-state index is 12.0. The smallest absolute Gasteiger partial charge is 0.303 e. The number of rotatable bonds is 4. The lowest BCUT2D eigenvalue weighted by atomic mass is 10.0. The molecule has 1 rings (SSSR count). The SMILES string of the molecule is CC(=O)OC[C@H]1O[C@H](Br)C(=O)[C@@H](OC(C)=O)[C@@H]1OC(C)=O. The summed E-state index contributed by atoms with van der Waals surface area (Å²) in [5.74, 6) is -2.56. The molecule has 0 amide bonds. The topological polar surface area (TPSA) is 105 Å². The van der Waals surface area contributed by atoms with Crippen LogP contribution in [0.4, 0.5) is 0 Å². The average Bonchev–Trinajstić information content (AvgIpc) is 2.35. The van der Waals surface area contributed by atoms with Crippen LogP contribution in [0.1, 0.15) is 20.8 Å². The van der Waals surface area contributed by atoms with Gasteiger partial charge in [0, 0.05) is 20.8 Å². The highest BCUT2D eigenvalue weighted by Crippen LogP contribution is 2.26. The van der Waals surface area contributed by atoms with E-state index in [0.29, 0.717) is 0 Å². The van der Waals surface area contributed by atoms with Crippen LogP contribution in [0.5, 0.6) is 0 Å². The molecule has 1 aliphatic rings. The molecule has 0 unspecified atom stereocenters. The summed E-state index contributed by atoms with van der Waals surface area (Å²) in [6.07, 6.45) is -3.46. The number of alkyl halides is 1. The summed E-state index contributed by atoms with van der Waals surface area (Å²) in [7, 11) is 0. The van der Waals surface area contributed by atoms with E-state index in [0.717, 1.165) is 13.8 Å². The summed E-state index contributed by atoms with van der Waals surface area (Å²) in [4.78, 5) is 45.1. The summed E-state index contributed by atoms with van der Waals surface area (Å²) >= 11 is 2.98. The number of ether oxygens (including phenoxy) is 4. The number of halogens is 1. The van der Waals surface area contributed by atoms with Crippen LogP contribution in [0.2, 0.25) is 0 Å². The van der Waals surface area contributed by atoms with E-state index in [1.807, 2.05) is 0 Å². The van der Waals surface area contributed by atoms with Gasteiger partial charge in [-0.2, -0.15) is 0 Å². The molecule has 0 saturated carbocycles. The van der Waals surface area contributed by atoms with Gasteiger partial charge in [-0.25, -0.2) is 0 Å². The summed E-state index contributed by atoms with van der Waals surface area (Å²) in [6.45, 7) is 3.21. The largest absolute Gasteiger partial charge is 0.463 e. The van der Waals surface area contributed by atoms with Crippen LogP contribution in [-0.2, 0) is 38.1 Å². The first-order valence-corrected chi connectivity index (χ1v) is 6.95. The Morgan fingerprint density at radius 2 is 1.67 bits per heavy atom. The molecular formula is C12H15BrO8. The molecule has 1 fully saturated rings. The van der Waals surface area contributed by atoms with E-state index < -0.39 is 47.0 Å². The van der Waals surface area contributed by atoms with Crippen molar-refractivity contribution in [3.05, 3.63) is 0 Å². The molecule has 21 heavy (non-hydrogen) atoms. The molecule has 1 saturated heterocycles. The van der Waals surface area contributed by atoms with E-state index in [2.05, 4.69) is 15.9 Å². The maximum Gasteiger partial charge on any atom is 0.303 e. The Labute approximate surface area is 129 Å². The third-order valence-electron chi connectivity index (χ3n) is 2.51. The van der Waals surface area contributed by atoms with Gasteiger partial charge in [-0.15, -0.1) is 0 Å². The molecule has 0 bridgehead atoms. The fourth-order valence-electron chi connectivity index (χ4n) is 1.75. The highest BCUT2D eigenvalue weighted by Gasteiger charge is 2.48. The second-order valence-electron chi connectivity index (χ2n) is 4.30. The lowest BCUT2D eigenvalue weighted by Crippen LogP contribution is -2.57. The summed E-state index contributed by atoms with van der Waals surface area (Å²) in [5.41, 5.74) is 0. The average molecular weight is 367 g/mol. The van der Waals surface area contributed by atoms with Crippen molar-refractivity contribution in [2.75, 3.05) is 6.61 Å². The first-order chi connectivity index (χ1) is 9.72. The third kappa shape index (κ3) is 5.09. The van der Waals surface area contributed by atoms with Crippen molar-refractivity contribution in [2.24, 2.45) is 0 Å². The van der Waals surface area contributed by atoms with E-state index in [9.17, 15) is 19.2 Å². The lowest BCUT2D eigenvalue weighted by Gasteiger charge is -2.37. The fourth-order valence-corrected chi connectivity index (χ4v) is 2.29. The van der Waals surface area contributed by atoms with Gasteiger partial charge in [0.2, 0.25) is 11.9 Å². The van der Waals surface area contributed by atoms with Gasteiger partial charge in [0.25, 0.3) is 0 Å². The second-order valence-corrected chi connectivity index (χ2v) is 5.13. The molecule has 1 heterocycles. The van der Waals surface area contributed by atoms with Gasteiger partial charge in [-0.1, -0.05) is 0 Å². The second kappa shape index (κ2) is 7.51. The lowest BCUT2D eigenvalue weighted by molar-refractivity contribution is -0.202. The van der Waals surface area contributed by atoms with Crippen molar-refractivity contribution in [1.29, 1.82) is 0 Å². The van der Waals surface area contributed by atoms with E-state index >= 15 is 0 Å². The highest BCUT2D eigenvalue weighted by atomic mass is 79.9. The van der Waals surface area contributed by atoms with Crippen molar-refractivity contribution in [1.82, 2.24) is 0 Å². The zero-order chi connectivity index (χ0) is 16.2. The zero-order valence-corrected chi connectivity index (χ0v) is 13.2. The van der Waals surface area contributed by atoms with E-state index in [-0.39, 0.29) is 6.61 Å². The Morgan fingerprint density at radius 3 is 2.14 bits per heavy atom. The predicted octanol–water partition coefficient (Wildman–Crippen LogP) is 0.102. The van der Waals surface area contributed by atoms with E-state index in [1.165, 1.54) is 6.92 Å². The van der Waals surface area contributed by atoms with Crippen LogP contribution >= 0.6 is 15.9 Å². The quantitative estimate of drug-likeness (QED) is 0.392. The van der Waals surface area contributed by atoms with Crippen LogP contribution < -0.4 is 0 Å². The van der Waals surface area contributed by atoms with Crippen molar-refractivity contribution in [3.63, 3.8) is 0 Å². The molecule has 0 N–H and O–H groups in total. The van der Waals surface area contributed by atoms with Crippen molar-refractivity contribution in [2.45, 2.75) is 44.1 Å². The molecule has 4 atom stereocenters. The number of ketones is 1. The molecule has 0 spiro atoms. The minimum Gasteiger partial charge on any atom is -0.463 e. The normalized spacial score (nSPS) is 28.7. The monoisotopic (exact) mass is 366 g/mol. The standard InChI is InChI=1S/C12H15BrO8/c1-5(14)18-4-8-10(19-6(2)15)11(20-7(3)16)9(17)12(13)21-8/h8,10-12H,4H2,1-3H3/t8-,10-,11-,12+/m1/s1. The number of carbonyl (C=O) groups excluding carboxylic acids is 4. The Balaban J connectivity index is 2.97. The van der Waals surface area contributed by atoms with Crippen molar-refractivity contribution in [3.8, 4) is 0 Å². The zero-order valence-electron chi connectivity index (χ0n) is 11.7. The van der Waals surface area contributed by atoms with E-state index in [4.69, 9.17) is 18.9 Å². The summed E-state index contributed by atoms with van der Waals surface area (Å²) in [5, 5.41) is -1.06. The van der Waals surface area contributed by atoms with Crippen LogP contribution in [0.3, 0.4) is 0 Å². The van der Waals surface area contributed by atoms with Gasteiger partial charge in [-0.05, 0) is 15.9 Å². The van der Waals surface area contributed by atoms with Crippen LogP contribution in [0.15, 0.2) is 0 Å². The molecular weight excluding hydrogens is 352 g/mol. The summed E-state index contributed by atoms with van der Waals surface area (Å²) < 4.78 is 20.0. The van der Waals surface area contributed by atoms with Crippen LogP contribution in [-0.4, -0.2) is 53.6 Å². The predicted molar refractivity (Wildman–Crippen MR) is 70.3 cm³/mol. The molecule has 8 nitrogen and oxygen atoms in total. The van der Waals surface area contributed by atoms with Crippen LogP contribution in [0.25, 0.3) is 0 Å². The molecule has 9 heteroatoms. The number of esters is 3. The van der Waals surface area contributed by atoms with Crippen molar-refractivity contribution >= 4 is 39.6 Å². The number of Topliss-reactive ketones (excluding diaryl/α,β-unsaturated/α-hetero) is 1. The van der Waals surface area contributed by atoms with Crippen molar-refractivity contribution < 1.29 is 38.1 Å². The number of hydrogen-bond donors (Lipinski definition) is 0. The van der Waals surface area contributed by atoms with Gasteiger partial charge >= 0.3 is 17.9 Å². The maximum absolute atomic E-state index is 12.0. The molecule has 118 valence electrons. The first kappa shape index (κ1) is 17.6. The Bertz CT molecular complexity index is 449. The van der Waals surface area contributed by atoms with Gasteiger partial charge in [0.05, 0.1) is 0 Å². The molecule has 0 aliphatic carbocycles. The minimum atomic E-state index is -1.33. The Kier molecular flexibility index (Phi) is 6.28. The molecule has 0 aromatic rings. The first-order valence-electron chi connectivity index (χ1n) is 6.03. The number of hydrogen-bond acceptors (Lipinski definition) is 8. The molecule has 0 radical (unpaired) electrons. The van der Waals surface area contributed by atoms with Crippen LogP contribution in [0, 0.1) is 0 Å². The third-order valence-corrected chi connectivity index (χ3v) is 3.18. The Hall–Kier alpha value is -1.48. The molecule has 1 aliphatic heterocycles. The number of carbonyl (C=O) groups is 4. The van der Waals surface area contributed by atoms with E-state index in [1.54, 1.807) is 0 Å². The highest BCUT2D eigenvalue weighted by molar-refractivity contribution is 9.09. The van der Waals surface area contributed by atoms with Gasteiger partial charge in [0.15, 0.2) is 11.1 Å². The minimum absolute atomic E-state index is 0.250. The fraction of sp³-hybridized carbons (Fsp3) is 0.667. The van der Waals surface area contributed by atoms with Gasteiger partial charge in [0.1, 0.15) is 12.7 Å². The molecule has 0 aromatic heterocycles. The summed E-state index contributed by atoms with van der Waals surface area (Å²) in [6, 6.07) is 0. The van der Waals surface area contributed by atoms with Gasteiger partial charge in [-0.3, -0.25) is 19.2 Å². The Morgan fingerprint density at radius 1 is 1.10 bits per heavy atom. The molecule has 0 aromatic carbocycles. The van der Waals surface area contributed by atoms with Gasteiger partial charge < -0.3 is 18.9 Å².